The molecule has 128 valence electrons. The molecule has 3 heterocycles. The highest BCUT2D eigenvalue weighted by Gasteiger charge is 2.30. The molecule has 1 N–H and O–H groups in total. The van der Waals surface area contributed by atoms with Crippen molar-refractivity contribution in [1.82, 2.24) is 19.8 Å². The Morgan fingerprint density at radius 2 is 1.96 bits per heavy atom. The van der Waals surface area contributed by atoms with Gasteiger partial charge in [0.2, 0.25) is 5.95 Å². The van der Waals surface area contributed by atoms with Gasteiger partial charge in [0.1, 0.15) is 0 Å². The molecule has 2 saturated heterocycles. The fraction of sp³-hybridized carbons (Fsp3) is 0.556. The smallest absolute Gasteiger partial charge is 0.260 e. The zero-order chi connectivity index (χ0) is 16.5. The van der Waals surface area contributed by atoms with Crippen LogP contribution in [-0.4, -0.2) is 71.6 Å². The van der Waals surface area contributed by atoms with Gasteiger partial charge in [-0.3, -0.25) is 14.7 Å². The standard InChI is InChI=1S/C18H25N5O/c1-2-21-9-11-22(12-10-21)14-7-8-23(13-14)18-19-16-6-4-3-5-15(16)17(24)20-18/h3-6,14H,2,7-13H2,1H3,(H,19,20,24). The van der Waals surface area contributed by atoms with Crippen LogP contribution in [-0.2, 0) is 0 Å². The SMILES string of the molecule is CCN1CCN(C2CCN(c3nc4ccccc4c(=O)[nH]3)C2)CC1. The number of hydrogen-bond donors (Lipinski definition) is 1. The van der Waals surface area contributed by atoms with E-state index < -0.39 is 0 Å². The lowest BCUT2D eigenvalue weighted by atomic mass is 10.2. The van der Waals surface area contributed by atoms with Gasteiger partial charge in [0.05, 0.1) is 10.9 Å². The van der Waals surface area contributed by atoms with Crippen molar-refractivity contribution in [2.45, 2.75) is 19.4 Å². The fourth-order valence-electron chi connectivity index (χ4n) is 3.90. The van der Waals surface area contributed by atoms with E-state index in [4.69, 9.17) is 0 Å². The second-order valence-electron chi connectivity index (χ2n) is 6.77. The van der Waals surface area contributed by atoms with Crippen molar-refractivity contribution in [3.63, 3.8) is 0 Å². The van der Waals surface area contributed by atoms with Crippen molar-refractivity contribution >= 4 is 16.9 Å². The summed E-state index contributed by atoms with van der Waals surface area (Å²) in [5.74, 6) is 0.716. The summed E-state index contributed by atoms with van der Waals surface area (Å²) >= 11 is 0. The van der Waals surface area contributed by atoms with E-state index in [1.165, 1.54) is 0 Å². The summed E-state index contributed by atoms with van der Waals surface area (Å²) in [6, 6.07) is 8.11. The first-order chi connectivity index (χ1) is 11.7. The van der Waals surface area contributed by atoms with Crippen molar-refractivity contribution in [2.75, 3.05) is 50.7 Å². The van der Waals surface area contributed by atoms with Gasteiger partial charge in [-0.15, -0.1) is 0 Å². The van der Waals surface area contributed by atoms with E-state index in [0.29, 0.717) is 17.4 Å². The molecule has 0 spiro atoms. The first-order valence-corrected chi connectivity index (χ1v) is 8.95. The highest BCUT2D eigenvalue weighted by atomic mass is 16.1. The Kier molecular flexibility index (Phi) is 4.24. The molecule has 1 aromatic heterocycles. The van der Waals surface area contributed by atoms with Crippen LogP contribution in [0.2, 0.25) is 0 Å². The fourth-order valence-corrected chi connectivity index (χ4v) is 3.90. The Labute approximate surface area is 142 Å². The third-order valence-electron chi connectivity index (χ3n) is 5.43. The van der Waals surface area contributed by atoms with Gasteiger partial charge in [-0.2, -0.15) is 0 Å². The van der Waals surface area contributed by atoms with E-state index in [-0.39, 0.29) is 5.56 Å². The molecule has 0 bridgehead atoms. The lowest BCUT2D eigenvalue weighted by molar-refractivity contribution is 0.107. The minimum atomic E-state index is -0.0457. The molecule has 1 unspecified atom stereocenters. The maximum atomic E-state index is 12.3. The van der Waals surface area contributed by atoms with Crippen LogP contribution < -0.4 is 10.5 Å². The van der Waals surface area contributed by atoms with E-state index in [1.807, 2.05) is 24.3 Å². The van der Waals surface area contributed by atoms with Crippen molar-refractivity contribution in [3.8, 4) is 0 Å². The van der Waals surface area contributed by atoms with Crippen molar-refractivity contribution < 1.29 is 0 Å². The summed E-state index contributed by atoms with van der Waals surface area (Å²) in [6.07, 6.45) is 1.14. The van der Waals surface area contributed by atoms with Crippen molar-refractivity contribution in [2.24, 2.45) is 0 Å². The number of nitrogens with one attached hydrogen (secondary N) is 1. The normalized spacial score (nSPS) is 23.2. The maximum absolute atomic E-state index is 12.3. The highest BCUT2D eigenvalue weighted by Crippen LogP contribution is 2.21. The van der Waals surface area contributed by atoms with E-state index in [1.54, 1.807) is 0 Å². The van der Waals surface area contributed by atoms with Gasteiger partial charge in [0.25, 0.3) is 5.56 Å². The molecule has 1 atom stereocenters. The third kappa shape index (κ3) is 2.91. The summed E-state index contributed by atoms with van der Waals surface area (Å²) in [6.45, 7) is 9.91. The molecule has 24 heavy (non-hydrogen) atoms. The Hall–Kier alpha value is -1.92. The van der Waals surface area contributed by atoms with Gasteiger partial charge >= 0.3 is 0 Å². The third-order valence-corrected chi connectivity index (χ3v) is 5.43. The van der Waals surface area contributed by atoms with Crippen LogP contribution in [0.3, 0.4) is 0 Å². The number of likely N-dealkylation sites (N-methyl/N-ethyl adjacent to an activating group) is 1. The number of nitrogens with zero attached hydrogens (tertiary/aromatic N) is 4. The molecule has 2 aliphatic heterocycles. The summed E-state index contributed by atoms with van der Waals surface area (Å²) in [5.41, 5.74) is 0.729. The topological polar surface area (TPSA) is 55.5 Å². The van der Waals surface area contributed by atoms with Crippen LogP contribution in [0.25, 0.3) is 10.9 Å². The number of piperazine rings is 1. The lowest BCUT2D eigenvalue weighted by Crippen LogP contribution is -2.50. The molecule has 6 nitrogen and oxygen atoms in total. The monoisotopic (exact) mass is 327 g/mol. The lowest BCUT2D eigenvalue weighted by Gasteiger charge is -2.37. The number of para-hydroxylation sites is 1. The van der Waals surface area contributed by atoms with Crippen LogP contribution in [0.15, 0.2) is 29.1 Å². The Balaban J connectivity index is 1.48. The molecule has 6 heteroatoms. The Morgan fingerprint density at radius 3 is 2.75 bits per heavy atom. The van der Waals surface area contributed by atoms with Gasteiger partial charge < -0.3 is 9.80 Å². The van der Waals surface area contributed by atoms with E-state index in [0.717, 1.165) is 57.8 Å². The van der Waals surface area contributed by atoms with Gasteiger partial charge in [0.15, 0.2) is 0 Å². The summed E-state index contributed by atoms with van der Waals surface area (Å²) in [5, 5.41) is 0.660. The van der Waals surface area contributed by atoms with Crippen LogP contribution in [0.5, 0.6) is 0 Å². The Bertz CT molecular complexity index is 765. The first kappa shape index (κ1) is 15.6. The molecular weight excluding hydrogens is 302 g/mol. The maximum Gasteiger partial charge on any atom is 0.260 e. The van der Waals surface area contributed by atoms with Gasteiger partial charge in [-0.05, 0) is 25.1 Å². The minimum Gasteiger partial charge on any atom is -0.341 e. The van der Waals surface area contributed by atoms with Crippen LogP contribution in [0, 0.1) is 0 Å². The average molecular weight is 327 g/mol. The molecule has 4 rings (SSSR count). The van der Waals surface area contributed by atoms with Gasteiger partial charge in [0, 0.05) is 45.3 Å². The number of fused-ring (bicyclic) bond motifs is 1. The zero-order valence-corrected chi connectivity index (χ0v) is 14.2. The number of anilines is 1. The quantitative estimate of drug-likeness (QED) is 0.916. The van der Waals surface area contributed by atoms with Crippen molar-refractivity contribution in [1.29, 1.82) is 0 Å². The molecule has 0 aliphatic carbocycles. The second kappa shape index (κ2) is 6.53. The van der Waals surface area contributed by atoms with Crippen molar-refractivity contribution in [3.05, 3.63) is 34.6 Å². The van der Waals surface area contributed by atoms with E-state index >= 15 is 0 Å². The molecular formula is C18H25N5O. The van der Waals surface area contributed by atoms with E-state index in [2.05, 4.69) is 31.6 Å². The highest BCUT2D eigenvalue weighted by molar-refractivity contribution is 5.78. The van der Waals surface area contributed by atoms with Gasteiger partial charge in [-0.1, -0.05) is 19.1 Å². The molecule has 1 aromatic carbocycles. The Morgan fingerprint density at radius 1 is 1.17 bits per heavy atom. The van der Waals surface area contributed by atoms with E-state index in [9.17, 15) is 4.79 Å². The molecule has 0 radical (unpaired) electrons. The molecule has 2 aromatic rings. The largest absolute Gasteiger partial charge is 0.341 e. The second-order valence-corrected chi connectivity index (χ2v) is 6.77. The number of rotatable bonds is 3. The summed E-state index contributed by atoms with van der Waals surface area (Å²) in [7, 11) is 0. The zero-order valence-electron chi connectivity index (χ0n) is 14.2. The predicted octanol–water partition coefficient (Wildman–Crippen LogP) is 1.14. The first-order valence-electron chi connectivity index (χ1n) is 8.95. The average Bonchev–Trinajstić information content (AvgIpc) is 3.12. The number of H-pyrrole nitrogens is 1. The predicted molar refractivity (Wildman–Crippen MR) is 96.7 cm³/mol. The van der Waals surface area contributed by atoms with Crippen LogP contribution in [0.1, 0.15) is 13.3 Å². The number of aromatic amines is 1. The number of hydrogen-bond acceptors (Lipinski definition) is 5. The molecule has 0 saturated carbocycles. The van der Waals surface area contributed by atoms with Crippen LogP contribution in [0.4, 0.5) is 5.95 Å². The minimum absolute atomic E-state index is 0.0457. The summed E-state index contributed by atoms with van der Waals surface area (Å²) < 4.78 is 0. The molecule has 0 amide bonds. The summed E-state index contributed by atoms with van der Waals surface area (Å²) in [4.78, 5) is 27.2. The molecule has 2 fully saturated rings. The number of benzene rings is 1. The molecule has 2 aliphatic rings. The van der Waals surface area contributed by atoms with Crippen LogP contribution >= 0.6 is 0 Å². The van der Waals surface area contributed by atoms with Gasteiger partial charge in [-0.25, -0.2) is 4.98 Å². The number of aromatic nitrogens is 2.